The number of nitrogen functional groups attached to an aromatic ring is 1. The van der Waals surface area contributed by atoms with Gasteiger partial charge in [-0.25, -0.2) is 4.98 Å². The quantitative estimate of drug-likeness (QED) is 0.581. The number of imidazole rings is 1. The lowest BCUT2D eigenvalue weighted by molar-refractivity contribution is 0.937. The lowest BCUT2D eigenvalue weighted by Crippen LogP contribution is -2.08. The van der Waals surface area contributed by atoms with Crippen molar-refractivity contribution in [2.45, 2.75) is 25.7 Å². The maximum Gasteiger partial charge on any atom is 0.114 e. The molecule has 1 fully saturated rings. The summed E-state index contributed by atoms with van der Waals surface area (Å²) in [6.07, 6.45) is 4.26. The van der Waals surface area contributed by atoms with E-state index in [1.165, 1.54) is 18.5 Å². The first-order valence-corrected chi connectivity index (χ1v) is 3.58. The van der Waals surface area contributed by atoms with Gasteiger partial charge in [-0.2, -0.15) is 0 Å². The topological polar surface area (TPSA) is 43.8 Å². The molecule has 0 aliphatic heterocycles. The maximum atomic E-state index is 5.56. The summed E-state index contributed by atoms with van der Waals surface area (Å²) >= 11 is 0. The van der Waals surface area contributed by atoms with Gasteiger partial charge in [0.2, 0.25) is 0 Å². The second-order valence-corrected chi connectivity index (χ2v) is 2.90. The fourth-order valence-corrected chi connectivity index (χ4v) is 1.19. The van der Waals surface area contributed by atoms with E-state index < -0.39 is 0 Å². The van der Waals surface area contributed by atoms with E-state index in [-0.39, 0.29) is 0 Å². The molecule has 0 aromatic carbocycles. The van der Waals surface area contributed by atoms with E-state index in [1.54, 1.807) is 11.0 Å². The summed E-state index contributed by atoms with van der Waals surface area (Å²) in [5, 5.41) is 0. The van der Waals surface area contributed by atoms with Crippen LogP contribution in [0.15, 0.2) is 6.33 Å². The molecule has 0 unspecified atom stereocenters. The van der Waals surface area contributed by atoms with E-state index in [0.29, 0.717) is 5.92 Å². The van der Waals surface area contributed by atoms with Gasteiger partial charge < -0.3 is 5.84 Å². The van der Waals surface area contributed by atoms with Crippen LogP contribution in [-0.4, -0.2) is 9.66 Å². The molecule has 1 aliphatic rings. The number of rotatable bonds is 1. The van der Waals surface area contributed by atoms with Gasteiger partial charge >= 0.3 is 0 Å². The SMILES string of the molecule is Cc1c(C2CC2)ncn1N. The lowest BCUT2D eigenvalue weighted by atomic mass is 10.2. The fraction of sp³-hybridized carbons (Fsp3) is 0.571. The van der Waals surface area contributed by atoms with Crippen LogP contribution in [0.4, 0.5) is 0 Å². The minimum Gasteiger partial charge on any atom is -0.338 e. The summed E-state index contributed by atoms with van der Waals surface area (Å²) < 4.78 is 1.59. The Morgan fingerprint density at radius 3 is 2.80 bits per heavy atom. The van der Waals surface area contributed by atoms with Crippen LogP contribution in [0.5, 0.6) is 0 Å². The van der Waals surface area contributed by atoms with Gasteiger partial charge in [0.25, 0.3) is 0 Å². The Labute approximate surface area is 59.8 Å². The van der Waals surface area contributed by atoms with Crippen LogP contribution in [0.1, 0.15) is 30.1 Å². The lowest BCUT2D eigenvalue weighted by Gasteiger charge is -1.95. The van der Waals surface area contributed by atoms with Crippen molar-refractivity contribution < 1.29 is 0 Å². The first-order valence-electron chi connectivity index (χ1n) is 3.58. The van der Waals surface area contributed by atoms with Crippen molar-refractivity contribution >= 4 is 0 Å². The zero-order chi connectivity index (χ0) is 7.14. The molecule has 1 heterocycles. The third kappa shape index (κ3) is 0.701. The zero-order valence-corrected chi connectivity index (χ0v) is 6.04. The Hall–Kier alpha value is -0.990. The fourth-order valence-electron chi connectivity index (χ4n) is 1.19. The van der Waals surface area contributed by atoms with Crippen LogP contribution in [-0.2, 0) is 0 Å². The minimum atomic E-state index is 0.713. The van der Waals surface area contributed by atoms with Gasteiger partial charge in [0.05, 0.1) is 11.4 Å². The Bertz CT molecular complexity index is 247. The van der Waals surface area contributed by atoms with Crippen LogP contribution < -0.4 is 5.84 Å². The van der Waals surface area contributed by atoms with E-state index in [4.69, 9.17) is 5.84 Å². The predicted molar refractivity (Wildman–Crippen MR) is 39.1 cm³/mol. The largest absolute Gasteiger partial charge is 0.338 e. The third-order valence-corrected chi connectivity index (χ3v) is 2.04. The molecule has 2 N–H and O–H groups in total. The first-order chi connectivity index (χ1) is 4.79. The molecule has 0 spiro atoms. The van der Waals surface area contributed by atoms with Crippen molar-refractivity contribution in [3.63, 3.8) is 0 Å². The molecular formula is C7H11N3. The summed E-state index contributed by atoms with van der Waals surface area (Å²) in [5.74, 6) is 6.27. The molecule has 1 aromatic rings. The molecule has 10 heavy (non-hydrogen) atoms. The predicted octanol–water partition coefficient (Wildman–Crippen LogP) is 0.783. The smallest absolute Gasteiger partial charge is 0.114 e. The molecule has 1 saturated carbocycles. The van der Waals surface area contributed by atoms with Gasteiger partial charge in [0.1, 0.15) is 6.33 Å². The molecule has 0 saturated heterocycles. The summed E-state index contributed by atoms with van der Waals surface area (Å²) in [5.41, 5.74) is 2.31. The number of hydrogen-bond acceptors (Lipinski definition) is 2. The monoisotopic (exact) mass is 137 g/mol. The first kappa shape index (κ1) is 5.77. The van der Waals surface area contributed by atoms with Crippen LogP contribution in [0.3, 0.4) is 0 Å². The van der Waals surface area contributed by atoms with Gasteiger partial charge in [0, 0.05) is 5.92 Å². The summed E-state index contributed by atoms with van der Waals surface area (Å²) in [6, 6.07) is 0. The molecule has 2 rings (SSSR count). The highest BCUT2D eigenvalue weighted by molar-refractivity contribution is 5.20. The summed E-state index contributed by atoms with van der Waals surface area (Å²) in [4.78, 5) is 4.22. The minimum absolute atomic E-state index is 0.713. The Morgan fingerprint density at radius 1 is 1.70 bits per heavy atom. The van der Waals surface area contributed by atoms with Crippen LogP contribution in [0.2, 0.25) is 0 Å². The Morgan fingerprint density at radius 2 is 2.40 bits per heavy atom. The van der Waals surface area contributed by atoms with E-state index in [1.807, 2.05) is 6.92 Å². The Balaban J connectivity index is 2.40. The van der Waals surface area contributed by atoms with Crippen molar-refractivity contribution in [2.24, 2.45) is 0 Å². The highest BCUT2D eigenvalue weighted by Crippen LogP contribution is 2.40. The van der Waals surface area contributed by atoms with Crippen molar-refractivity contribution in [1.29, 1.82) is 0 Å². The zero-order valence-electron chi connectivity index (χ0n) is 6.04. The molecule has 3 heteroatoms. The Kier molecular flexibility index (Phi) is 1.01. The standard InChI is InChI=1S/C7H11N3/c1-5-7(6-2-3-6)9-4-10(5)8/h4,6H,2-3,8H2,1H3. The molecule has 54 valence electrons. The second-order valence-electron chi connectivity index (χ2n) is 2.90. The molecule has 0 atom stereocenters. The van der Waals surface area contributed by atoms with Gasteiger partial charge in [0.15, 0.2) is 0 Å². The maximum absolute atomic E-state index is 5.56. The van der Waals surface area contributed by atoms with Gasteiger partial charge in [-0.05, 0) is 19.8 Å². The van der Waals surface area contributed by atoms with Crippen molar-refractivity contribution in [3.05, 3.63) is 17.7 Å². The number of aromatic nitrogens is 2. The van der Waals surface area contributed by atoms with Crippen LogP contribution in [0.25, 0.3) is 0 Å². The van der Waals surface area contributed by atoms with Gasteiger partial charge in [-0.1, -0.05) is 0 Å². The normalized spacial score (nSPS) is 17.7. The highest BCUT2D eigenvalue weighted by Gasteiger charge is 2.27. The van der Waals surface area contributed by atoms with Gasteiger partial charge in [-0.3, -0.25) is 4.68 Å². The molecular weight excluding hydrogens is 126 g/mol. The molecule has 0 radical (unpaired) electrons. The van der Waals surface area contributed by atoms with Crippen molar-refractivity contribution in [2.75, 3.05) is 5.84 Å². The average Bonchev–Trinajstić information content (AvgIpc) is 2.67. The molecule has 0 amide bonds. The molecule has 0 bridgehead atoms. The third-order valence-electron chi connectivity index (χ3n) is 2.04. The van der Waals surface area contributed by atoms with E-state index in [2.05, 4.69) is 4.98 Å². The van der Waals surface area contributed by atoms with E-state index >= 15 is 0 Å². The van der Waals surface area contributed by atoms with Crippen LogP contribution >= 0.6 is 0 Å². The average molecular weight is 137 g/mol. The molecule has 1 aliphatic carbocycles. The molecule has 1 aromatic heterocycles. The summed E-state index contributed by atoms with van der Waals surface area (Å²) in [7, 11) is 0. The number of hydrogen-bond donors (Lipinski definition) is 1. The highest BCUT2D eigenvalue weighted by atomic mass is 15.3. The van der Waals surface area contributed by atoms with Crippen molar-refractivity contribution in [1.82, 2.24) is 9.66 Å². The van der Waals surface area contributed by atoms with E-state index in [9.17, 15) is 0 Å². The van der Waals surface area contributed by atoms with Crippen molar-refractivity contribution in [3.8, 4) is 0 Å². The number of nitrogens with zero attached hydrogens (tertiary/aromatic N) is 2. The second kappa shape index (κ2) is 1.75. The van der Waals surface area contributed by atoms with Gasteiger partial charge in [-0.15, -0.1) is 0 Å². The molecule has 3 nitrogen and oxygen atoms in total. The van der Waals surface area contributed by atoms with E-state index in [0.717, 1.165) is 5.69 Å². The van der Waals surface area contributed by atoms with Crippen LogP contribution in [0, 0.1) is 6.92 Å². The summed E-state index contributed by atoms with van der Waals surface area (Å²) in [6.45, 7) is 2.01. The number of nitrogens with two attached hydrogens (primary N) is 1.